The third-order valence-electron chi connectivity index (χ3n) is 3.56. The number of nitrogens with one attached hydrogen (secondary N) is 1. The molecule has 0 saturated carbocycles. The predicted molar refractivity (Wildman–Crippen MR) is 90.9 cm³/mol. The molecule has 122 valence electrons. The van der Waals surface area contributed by atoms with Crippen LogP contribution in [-0.4, -0.2) is 26.7 Å². The summed E-state index contributed by atoms with van der Waals surface area (Å²) in [5.41, 5.74) is 1.70. The summed E-state index contributed by atoms with van der Waals surface area (Å²) in [6.45, 7) is 0.361. The summed E-state index contributed by atoms with van der Waals surface area (Å²) in [6, 6.07) is 14.9. The number of halogens is 1. The van der Waals surface area contributed by atoms with Crippen molar-refractivity contribution in [3.8, 4) is 5.75 Å². The first-order valence-electron chi connectivity index (χ1n) is 7.31. The maximum absolute atomic E-state index is 12.1. The summed E-state index contributed by atoms with van der Waals surface area (Å²) in [5, 5.41) is 3.47. The number of carbonyl (C=O) groups is 1. The van der Waals surface area contributed by atoms with Crippen LogP contribution in [0.25, 0.3) is 0 Å². The molecule has 1 N–H and O–H groups in total. The van der Waals surface area contributed by atoms with Crippen LogP contribution < -0.4 is 10.1 Å². The van der Waals surface area contributed by atoms with Gasteiger partial charge in [-0.05, 0) is 17.7 Å². The van der Waals surface area contributed by atoms with E-state index >= 15 is 0 Å². The van der Waals surface area contributed by atoms with E-state index in [9.17, 15) is 4.79 Å². The van der Waals surface area contributed by atoms with E-state index in [0.717, 1.165) is 16.9 Å². The maximum Gasteiger partial charge on any atom is 0.224 e. The Labute approximate surface area is 141 Å². The van der Waals surface area contributed by atoms with Crippen LogP contribution in [0.4, 0.5) is 0 Å². The van der Waals surface area contributed by atoms with E-state index in [1.807, 2.05) is 42.5 Å². The van der Waals surface area contributed by atoms with Gasteiger partial charge in [-0.15, -0.1) is 0 Å². The summed E-state index contributed by atoms with van der Waals surface area (Å²) >= 11 is 6.07. The van der Waals surface area contributed by atoms with Gasteiger partial charge in [0.2, 0.25) is 5.91 Å². The van der Waals surface area contributed by atoms with Crippen molar-refractivity contribution in [2.45, 2.75) is 12.5 Å². The van der Waals surface area contributed by atoms with E-state index in [0.29, 0.717) is 11.6 Å². The van der Waals surface area contributed by atoms with Crippen molar-refractivity contribution in [1.82, 2.24) is 5.32 Å². The van der Waals surface area contributed by atoms with E-state index in [4.69, 9.17) is 21.1 Å². The minimum absolute atomic E-state index is 0.102. The zero-order chi connectivity index (χ0) is 16.7. The van der Waals surface area contributed by atoms with Crippen LogP contribution in [0.2, 0.25) is 5.02 Å². The molecule has 4 nitrogen and oxygen atoms in total. The summed E-state index contributed by atoms with van der Waals surface area (Å²) in [5.74, 6) is 0.634. The monoisotopic (exact) mass is 333 g/mol. The van der Waals surface area contributed by atoms with Gasteiger partial charge in [0.15, 0.2) is 0 Å². The molecule has 0 aliphatic heterocycles. The standard InChI is InChI=1S/C18H20ClNO3/c1-22-16-10-6-4-8-14(16)17(23-2)12-20-18(21)11-13-7-3-5-9-15(13)19/h3-10,17H,11-12H2,1-2H3,(H,20,21). The van der Waals surface area contributed by atoms with Crippen LogP contribution in [-0.2, 0) is 16.0 Å². The molecule has 0 bridgehead atoms. The molecule has 0 aromatic heterocycles. The first kappa shape index (κ1) is 17.3. The van der Waals surface area contributed by atoms with Gasteiger partial charge in [-0.1, -0.05) is 48.0 Å². The minimum atomic E-state index is -0.277. The van der Waals surface area contributed by atoms with Crippen molar-refractivity contribution in [3.63, 3.8) is 0 Å². The van der Waals surface area contributed by atoms with E-state index in [2.05, 4.69) is 5.32 Å². The molecular formula is C18H20ClNO3. The Morgan fingerprint density at radius 1 is 1.13 bits per heavy atom. The van der Waals surface area contributed by atoms with Gasteiger partial charge in [-0.25, -0.2) is 0 Å². The molecule has 0 radical (unpaired) electrons. The number of rotatable bonds is 7. The molecule has 0 fully saturated rings. The van der Waals surface area contributed by atoms with Gasteiger partial charge in [-0.3, -0.25) is 4.79 Å². The fourth-order valence-corrected chi connectivity index (χ4v) is 2.54. The summed E-state index contributed by atoms with van der Waals surface area (Å²) < 4.78 is 10.8. The Morgan fingerprint density at radius 2 is 1.83 bits per heavy atom. The first-order valence-corrected chi connectivity index (χ1v) is 7.69. The van der Waals surface area contributed by atoms with Crippen molar-refractivity contribution in [1.29, 1.82) is 0 Å². The smallest absolute Gasteiger partial charge is 0.224 e. The van der Waals surface area contributed by atoms with Crippen LogP contribution in [0.1, 0.15) is 17.2 Å². The van der Waals surface area contributed by atoms with Gasteiger partial charge < -0.3 is 14.8 Å². The number of ether oxygens (including phenoxy) is 2. The van der Waals surface area contributed by atoms with Crippen molar-refractivity contribution < 1.29 is 14.3 Å². The quantitative estimate of drug-likeness (QED) is 0.844. The van der Waals surface area contributed by atoms with Gasteiger partial charge >= 0.3 is 0 Å². The lowest BCUT2D eigenvalue weighted by molar-refractivity contribution is -0.121. The van der Waals surface area contributed by atoms with Crippen molar-refractivity contribution >= 4 is 17.5 Å². The Bertz CT molecular complexity index is 660. The molecule has 0 saturated heterocycles. The van der Waals surface area contributed by atoms with Crippen LogP contribution in [0.3, 0.4) is 0 Å². The fourth-order valence-electron chi connectivity index (χ4n) is 2.34. The minimum Gasteiger partial charge on any atom is -0.496 e. The second-order valence-electron chi connectivity index (χ2n) is 5.04. The summed E-state index contributed by atoms with van der Waals surface area (Å²) in [4.78, 5) is 12.1. The Kier molecular flexibility index (Phi) is 6.44. The van der Waals surface area contributed by atoms with Crippen LogP contribution >= 0.6 is 11.6 Å². The van der Waals surface area contributed by atoms with Crippen LogP contribution in [0, 0.1) is 0 Å². The highest BCUT2D eigenvalue weighted by molar-refractivity contribution is 6.31. The lowest BCUT2D eigenvalue weighted by Gasteiger charge is -2.19. The van der Waals surface area contributed by atoms with Gasteiger partial charge in [-0.2, -0.15) is 0 Å². The molecular weight excluding hydrogens is 314 g/mol. The molecule has 0 aliphatic carbocycles. The van der Waals surface area contributed by atoms with Crippen LogP contribution in [0.15, 0.2) is 48.5 Å². The number of benzene rings is 2. The maximum atomic E-state index is 12.1. The molecule has 5 heteroatoms. The lowest BCUT2D eigenvalue weighted by Crippen LogP contribution is -2.30. The highest BCUT2D eigenvalue weighted by Crippen LogP contribution is 2.26. The molecule has 2 aromatic carbocycles. The van der Waals surface area contributed by atoms with E-state index in [1.54, 1.807) is 20.3 Å². The number of para-hydroxylation sites is 1. The largest absolute Gasteiger partial charge is 0.496 e. The summed E-state index contributed by atoms with van der Waals surface area (Å²) in [7, 11) is 3.22. The highest BCUT2D eigenvalue weighted by atomic mass is 35.5. The van der Waals surface area contributed by atoms with Crippen molar-refractivity contribution in [2.24, 2.45) is 0 Å². The lowest BCUT2D eigenvalue weighted by atomic mass is 10.1. The SMILES string of the molecule is COc1ccccc1C(CNC(=O)Cc1ccccc1Cl)OC. The summed E-state index contributed by atoms with van der Waals surface area (Å²) in [6.07, 6.45) is -0.0384. The number of methoxy groups -OCH3 is 2. The van der Waals surface area contributed by atoms with Gasteiger partial charge in [0.25, 0.3) is 0 Å². The number of hydrogen-bond acceptors (Lipinski definition) is 3. The third kappa shape index (κ3) is 4.71. The van der Waals surface area contributed by atoms with Crippen LogP contribution in [0.5, 0.6) is 5.75 Å². The fraction of sp³-hybridized carbons (Fsp3) is 0.278. The molecule has 1 atom stereocenters. The second kappa shape index (κ2) is 8.56. The van der Waals surface area contributed by atoms with E-state index < -0.39 is 0 Å². The predicted octanol–water partition coefficient (Wildman–Crippen LogP) is 3.40. The number of carbonyl (C=O) groups excluding carboxylic acids is 1. The van der Waals surface area contributed by atoms with Crippen molar-refractivity contribution in [3.05, 3.63) is 64.7 Å². The molecule has 0 heterocycles. The average Bonchev–Trinajstić information content (AvgIpc) is 2.58. The Hall–Kier alpha value is -2.04. The zero-order valence-corrected chi connectivity index (χ0v) is 14.0. The molecule has 23 heavy (non-hydrogen) atoms. The Morgan fingerprint density at radius 3 is 2.52 bits per heavy atom. The Balaban J connectivity index is 1.98. The van der Waals surface area contributed by atoms with Gasteiger partial charge in [0.05, 0.1) is 13.5 Å². The van der Waals surface area contributed by atoms with Gasteiger partial charge in [0.1, 0.15) is 11.9 Å². The third-order valence-corrected chi connectivity index (χ3v) is 3.93. The van der Waals surface area contributed by atoms with E-state index in [1.165, 1.54) is 0 Å². The molecule has 2 rings (SSSR count). The number of hydrogen-bond donors (Lipinski definition) is 1. The van der Waals surface area contributed by atoms with Gasteiger partial charge in [0, 0.05) is 24.2 Å². The zero-order valence-electron chi connectivity index (χ0n) is 13.2. The normalized spacial score (nSPS) is 11.8. The first-order chi connectivity index (χ1) is 11.2. The molecule has 0 spiro atoms. The molecule has 1 unspecified atom stereocenters. The molecule has 0 aliphatic rings. The number of amides is 1. The molecule has 1 amide bonds. The average molecular weight is 334 g/mol. The topological polar surface area (TPSA) is 47.6 Å². The van der Waals surface area contributed by atoms with E-state index in [-0.39, 0.29) is 18.4 Å². The highest BCUT2D eigenvalue weighted by Gasteiger charge is 2.16. The second-order valence-corrected chi connectivity index (χ2v) is 5.45. The van der Waals surface area contributed by atoms with Crippen molar-refractivity contribution in [2.75, 3.05) is 20.8 Å². The molecule has 2 aromatic rings.